The molecule has 2 aromatic carbocycles. The standard InChI is InChI=1S/C21H23N3O2/c1-24-13-17(12-22-24)21(16-9-18(25)10-16)23-20(26)11-15-7-4-6-14-5-2-3-8-19(14)15/h2-8,12-13,16,18,21,25H,9-11H2,1H3,(H,23,26)/t16?,18?,21-/m0/s1. The van der Waals surface area contributed by atoms with Gasteiger partial charge in [-0.2, -0.15) is 5.10 Å². The highest BCUT2D eigenvalue weighted by Gasteiger charge is 2.36. The zero-order valence-electron chi connectivity index (χ0n) is 14.8. The van der Waals surface area contributed by atoms with Crippen LogP contribution in [0.5, 0.6) is 0 Å². The number of aliphatic hydroxyl groups is 1. The summed E-state index contributed by atoms with van der Waals surface area (Å²) in [6.07, 6.45) is 5.26. The molecule has 4 rings (SSSR count). The maximum Gasteiger partial charge on any atom is 0.224 e. The van der Waals surface area contributed by atoms with E-state index in [-0.39, 0.29) is 24.0 Å². The average molecular weight is 349 g/mol. The van der Waals surface area contributed by atoms with Gasteiger partial charge in [-0.3, -0.25) is 9.48 Å². The number of carbonyl (C=O) groups excluding carboxylic acids is 1. The first kappa shape index (κ1) is 16.8. The van der Waals surface area contributed by atoms with E-state index in [2.05, 4.69) is 28.6 Å². The van der Waals surface area contributed by atoms with Crippen molar-refractivity contribution >= 4 is 16.7 Å². The van der Waals surface area contributed by atoms with Crippen LogP contribution in [0, 0.1) is 5.92 Å². The minimum absolute atomic E-state index is 0.00315. The molecular weight excluding hydrogens is 326 g/mol. The van der Waals surface area contributed by atoms with Crippen molar-refractivity contribution in [3.05, 3.63) is 66.0 Å². The molecule has 0 bridgehead atoms. The molecule has 1 atom stereocenters. The SMILES string of the molecule is Cn1cc([C@@H](NC(=O)Cc2cccc3ccccc23)C2CC(O)C2)cn1. The van der Waals surface area contributed by atoms with E-state index in [4.69, 9.17) is 0 Å². The van der Waals surface area contributed by atoms with Gasteiger partial charge in [0.25, 0.3) is 0 Å². The van der Waals surface area contributed by atoms with Gasteiger partial charge >= 0.3 is 0 Å². The zero-order valence-corrected chi connectivity index (χ0v) is 14.8. The van der Waals surface area contributed by atoms with E-state index >= 15 is 0 Å². The molecule has 5 nitrogen and oxygen atoms in total. The Hall–Kier alpha value is -2.66. The van der Waals surface area contributed by atoms with E-state index in [9.17, 15) is 9.90 Å². The third-order valence-corrected chi connectivity index (χ3v) is 5.25. The molecule has 0 radical (unpaired) electrons. The van der Waals surface area contributed by atoms with E-state index in [1.807, 2.05) is 37.5 Å². The number of hydrogen-bond donors (Lipinski definition) is 2. The molecular formula is C21H23N3O2. The quantitative estimate of drug-likeness (QED) is 0.744. The zero-order chi connectivity index (χ0) is 18.1. The molecule has 26 heavy (non-hydrogen) atoms. The topological polar surface area (TPSA) is 67.2 Å². The fourth-order valence-corrected chi connectivity index (χ4v) is 3.82. The minimum Gasteiger partial charge on any atom is -0.393 e. The number of amides is 1. The van der Waals surface area contributed by atoms with Crippen molar-refractivity contribution in [2.75, 3.05) is 0 Å². The minimum atomic E-state index is -0.255. The van der Waals surface area contributed by atoms with Gasteiger partial charge in [-0.15, -0.1) is 0 Å². The van der Waals surface area contributed by atoms with Gasteiger partial charge in [0, 0.05) is 18.8 Å². The maximum atomic E-state index is 12.8. The van der Waals surface area contributed by atoms with Gasteiger partial charge in [0.05, 0.1) is 24.8 Å². The number of nitrogens with one attached hydrogen (secondary N) is 1. The molecule has 1 saturated carbocycles. The van der Waals surface area contributed by atoms with Gasteiger partial charge in [-0.05, 0) is 35.1 Å². The van der Waals surface area contributed by atoms with E-state index in [1.54, 1.807) is 10.9 Å². The van der Waals surface area contributed by atoms with Gasteiger partial charge in [0.15, 0.2) is 0 Å². The van der Waals surface area contributed by atoms with E-state index in [0.29, 0.717) is 19.3 Å². The second kappa shape index (κ2) is 6.92. The number of carbonyl (C=O) groups is 1. The fraction of sp³-hybridized carbons (Fsp3) is 0.333. The number of benzene rings is 2. The van der Waals surface area contributed by atoms with Crippen LogP contribution in [-0.2, 0) is 18.3 Å². The van der Waals surface area contributed by atoms with Crippen LogP contribution in [0.3, 0.4) is 0 Å². The van der Waals surface area contributed by atoms with Gasteiger partial charge in [-0.1, -0.05) is 42.5 Å². The molecule has 0 aliphatic heterocycles. The average Bonchev–Trinajstić information content (AvgIpc) is 3.04. The lowest BCUT2D eigenvalue weighted by Crippen LogP contribution is -2.41. The number of fused-ring (bicyclic) bond motifs is 1. The smallest absolute Gasteiger partial charge is 0.224 e. The second-order valence-corrected chi connectivity index (χ2v) is 7.19. The Morgan fingerprint density at radius 1 is 1.27 bits per heavy atom. The summed E-state index contributed by atoms with van der Waals surface area (Å²) in [5.41, 5.74) is 2.02. The lowest BCUT2D eigenvalue weighted by atomic mass is 9.75. The first-order valence-corrected chi connectivity index (χ1v) is 9.03. The summed E-state index contributed by atoms with van der Waals surface area (Å²) in [6, 6.07) is 14.1. The third kappa shape index (κ3) is 3.35. The molecule has 1 fully saturated rings. The first-order chi connectivity index (χ1) is 12.6. The van der Waals surface area contributed by atoms with Crippen LogP contribution in [0.4, 0.5) is 0 Å². The number of aryl methyl sites for hydroxylation is 1. The van der Waals surface area contributed by atoms with Crippen molar-refractivity contribution in [1.29, 1.82) is 0 Å². The van der Waals surface area contributed by atoms with Crippen molar-refractivity contribution in [3.8, 4) is 0 Å². The number of aliphatic hydroxyl groups excluding tert-OH is 1. The Labute approximate surface area is 152 Å². The summed E-state index contributed by atoms with van der Waals surface area (Å²) < 4.78 is 1.74. The summed E-state index contributed by atoms with van der Waals surface area (Å²) >= 11 is 0. The predicted molar refractivity (Wildman–Crippen MR) is 100 cm³/mol. The Bertz CT molecular complexity index is 922. The van der Waals surface area contributed by atoms with Crippen LogP contribution in [0.2, 0.25) is 0 Å². The molecule has 0 spiro atoms. The Morgan fingerprint density at radius 2 is 2.04 bits per heavy atom. The molecule has 1 heterocycles. The molecule has 5 heteroatoms. The Balaban J connectivity index is 1.53. The summed E-state index contributed by atoms with van der Waals surface area (Å²) in [7, 11) is 1.87. The highest BCUT2D eigenvalue weighted by molar-refractivity contribution is 5.90. The molecule has 0 saturated heterocycles. The fourth-order valence-electron chi connectivity index (χ4n) is 3.82. The number of nitrogens with zero attached hydrogens (tertiary/aromatic N) is 2. The van der Waals surface area contributed by atoms with Crippen molar-refractivity contribution in [2.45, 2.75) is 31.4 Å². The predicted octanol–water partition coefficient (Wildman–Crippen LogP) is 2.74. The first-order valence-electron chi connectivity index (χ1n) is 9.03. The van der Waals surface area contributed by atoms with Crippen LogP contribution >= 0.6 is 0 Å². The summed E-state index contributed by atoms with van der Waals surface area (Å²) in [6.45, 7) is 0. The van der Waals surface area contributed by atoms with Crippen LogP contribution in [0.25, 0.3) is 10.8 Å². The maximum absolute atomic E-state index is 12.8. The highest BCUT2D eigenvalue weighted by Crippen LogP contribution is 2.38. The number of hydrogen-bond acceptors (Lipinski definition) is 3. The molecule has 134 valence electrons. The van der Waals surface area contributed by atoms with Gasteiger partial charge in [0.1, 0.15) is 0 Å². The van der Waals surface area contributed by atoms with Crippen molar-refractivity contribution in [3.63, 3.8) is 0 Å². The van der Waals surface area contributed by atoms with Crippen LogP contribution in [0.15, 0.2) is 54.9 Å². The van der Waals surface area contributed by atoms with Crippen LogP contribution in [-0.4, -0.2) is 26.9 Å². The van der Waals surface area contributed by atoms with Gasteiger partial charge in [-0.25, -0.2) is 0 Å². The molecule has 1 aromatic heterocycles. The largest absolute Gasteiger partial charge is 0.393 e. The Kier molecular flexibility index (Phi) is 4.47. The summed E-state index contributed by atoms with van der Waals surface area (Å²) in [5, 5.41) is 19.3. The van der Waals surface area contributed by atoms with Crippen LogP contribution < -0.4 is 5.32 Å². The van der Waals surface area contributed by atoms with Gasteiger partial charge < -0.3 is 10.4 Å². The molecule has 1 aliphatic carbocycles. The summed E-state index contributed by atoms with van der Waals surface area (Å²) in [5.74, 6) is 0.252. The van der Waals surface area contributed by atoms with Crippen molar-refractivity contribution in [1.82, 2.24) is 15.1 Å². The monoisotopic (exact) mass is 349 g/mol. The molecule has 0 unspecified atom stereocenters. The third-order valence-electron chi connectivity index (χ3n) is 5.25. The number of aromatic nitrogens is 2. The molecule has 2 N–H and O–H groups in total. The van der Waals surface area contributed by atoms with Crippen molar-refractivity contribution < 1.29 is 9.90 Å². The van der Waals surface area contributed by atoms with Crippen LogP contribution in [0.1, 0.15) is 30.0 Å². The molecule has 1 aliphatic rings. The Morgan fingerprint density at radius 3 is 2.77 bits per heavy atom. The lowest BCUT2D eigenvalue weighted by molar-refractivity contribution is -0.122. The second-order valence-electron chi connectivity index (χ2n) is 7.19. The summed E-state index contributed by atoms with van der Waals surface area (Å²) in [4.78, 5) is 12.8. The van der Waals surface area contributed by atoms with Crippen molar-refractivity contribution in [2.24, 2.45) is 13.0 Å². The molecule has 1 amide bonds. The molecule has 3 aromatic rings. The van der Waals surface area contributed by atoms with Gasteiger partial charge in [0.2, 0.25) is 5.91 Å². The van der Waals surface area contributed by atoms with E-state index in [0.717, 1.165) is 21.9 Å². The van der Waals surface area contributed by atoms with E-state index in [1.165, 1.54) is 0 Å². The van der Waals surface area contributed by atoms with E-state index < -0.39 is 0 Å². The number of rotatable bonds is 5. The highest BCUT2D eigenvalue weighted by atomic mass is 16.3. The lowest BCUT2D eigenvalue weighted by Gasteiger charge is -2.37. The normalized spacial score (nSPS) is 20.5.